The van der Waals surface area contributed by atoms with E-state index in [2.05, 4.69) is 15.1 Å². The van der Waals surface area contributed by atoms with Gasteiger partial charge in [0.05, 0.1) is 0 Å². The normalized spacial score (nSPS) is 9.72. The first kappa shape index (κ1) is 13.6. The number of carbonyl (C=O) groups excluding carboxylic acids is 3. The molecule has 18 heavy (non-hydrogen) atoms. The van der Waals surface area contributed by atoms with Crippen LogP contribution in [0.15, 0.2) is 24.4 Å². The number of nitrogens with zero attached hydrogens (tertiary/aromatic N) is 1. The molecule has 0 spiro atoms. The van der Waals surface area contributed by atoms with Gasteiger partial charge in [0.1, 0.15) is 5.69 Å². The number of amides is 2. The second-order valence-corrected chi connectivity index (χ2v) is 3.66. The van der Waals surface area contributed by atoms with Crippen LogP contribution >= 0.6 is 0 Å². The van der Waals surface area contributed by atoms with E-state index >= 15 is 0 Å². The molecule has 1 rings (SSSR count). The fourth-order valence-electron chi connectivity index (χ4n) is 0.902. The molecular formula is C11H13N3O4. The van der Waals surface area contributed by atoms with Gasteiger partial charge in [0.15, 0.2) is 0 Å². The third-order valence-corrected chi connectivity index (χ3v) is 1.87. The summed E-state index contributed by atoms with van der Waals surface area (Å²) in [5.74, 6) is -1.58. The highest BCUT2D eigenvalue weighted by Crippen LogP contribution is 1.96. The molecule has 7 heteroatoms. The predicted molar refractivity (Wildman–Crippen MR) is 61.2 cm³/mol. The minimum atomic E-state index is -1.07. The molecule has 0 bridgehead atoms. The van der Waals surface area contributed by atoms with E-state index in [0.717, 1.165) is 0 Å². The van der Waals surface area contributed by atoms with E-state index < -0.39 is 18.0 Å². The average Bonchev–Trinajstić information content (AvgIpc) is 2.36. The van der Waals surface area contributed by atoms with Crippen molar-refractivity contribution in [3.63, 3.8) is 0 Å². The number of hydrogen-bond acceptors (Lipinski definition) is 5. The van der Waals surface area contributed by atoms with E-state index in [4.69, 9.17) is 0 Å². The van der Waals surface area contributed by atoms with Gasteiger partial charge in [0.25, 0.3) is 0 Å². The summed E-state index contributed by atoms with van der Waals surface area (Å²) in [5, 5.41) is 0. The maximum Gasteiger partial charge on any atom is 0.434 e. The standard InChI is InChI=1S/C11H13N3O4/c1-7(2)9(15)13-14-11(17)18-10(16)8-5-3-4-6-12-8/h3-7H,1-2H3,(H,13,15)(H,14,17). The lowest BCUT2D eigenvalue weighted by atomic mass is 10.2. The Balaban J connectivity index is 2.42. The quantitative estimate of drug-likeness (QED) is 0.456. The van der Waals surface area contributed by atoms with Gasteiger partial charge in [0.2, 0.25) is 5.91 Å². The summed E-state index contributed by atoms with van der Waals surface area (Å²) in [6, 6.07) is 4.62. The number of carbonyl (C=O) groups is 3. The molecule has 1 aromatic heterocycles. The zero-order valence-electron chi connectivity index (χ0n) is 9.97. The molecular weight excluding hydrogens is 238 g/mol. The molecule has 0 aliphatic rings. The van der Waals surface area contributed by atoms with Crippen molar-refractivity contribution in [2.45, 2.75) is 13.8 Å². The molecule has 0 atom stereocenters. The molecule has 0 radical (unpaired) electrons. The van der Waals surface area contributed by atoms with E-state index in [1.54, 1.807) is 26.0 Å². The van der Waals surface area contributed by atoms with E-state index in [9.17, 15) is 14.4 Å². The third kappa shape index (κ3) is 4.20. The molecule has 96 valence electrons. The van der Waals surface area contributed by atoms with Crippen LogP contribution in [-0.4, -0.2) is 23.0 Å². The molecule has 1 heterocycles. The minimum Gasteiger partial charge on any atom is -0.370 e. The number of pyridine rings is 1. The van der Waals surface area contributed by atoms with Crippen LogP contribution in [0.3, 0.4) is 0 Å². The van der Waals surface area contributed by atoms with Gasteiger partial charge in [-0.1, -0.05) is 19.9 Å². The Morgan fingerprint density at radius 3 is 2.50 bits per heavy atom. The highest BCUT2D eigenvalue weighted by Gasteiger charge is 2.14. The molecule has 0 saturated carbocycles. The summed E-state index contributed by atoms with van der Waals surface area (Å²) in [6.45, 7) is 3.31. The average molecular weight is 251 g/mol. The van der Waals surface area contributed by atoms with Crippen LogP contribution in [0.2, 0.25) is 0 Å². The Labute approximate surface area is 104 Å². The molecule has 0 aliphatic carbocycles. The van der Waals surface area contributed by atoms with Crippen LogP contribution in [-0.2, 0) is 9.53 Å². The topological polar surface area (TPSA) is 97.4 Å². The zero-order valence-corrected chi connectivity index (χ0v) is 9.97. The van der Waals surface area contributed by atoms with Gasteiger partial charge >= 0.3 is 12.1 Å². The summed E-state index contributed by atoms with van der Waals surface area (Å²) >= 11 is 0. The summed E-state index contributed by atoms with van der Waals surface area (Å²) in [7, 11) is 0. The molecule has 1 aromatic rings. The van der Waals surface area contributed by atoms with Crippen LogP contribution in [0, 0.1) is 5.92 Å². The smallest absolute Gasteiger partial charge is 0.370 e. The highest BCUT2D eigenvalue weighted by molar-refractivity contribution is 5.95. The number of hydrogen-bond donors (Lipinski definition) is 2. The van der Waals surface area contributed by atoms with Gasteiger partial charge in [-0.3, -0.25) is 10.2 Å². The molecule has 2 N–H and O–H groups in total. The number of hydrazine groups is 1. The van der Waals surface area contributed by atoms with Crippen molar-refractivity contribution in [2.24, 2.45) is 5.92 Å². The number of nitrogens with one attached hydrogen (secondary N) is 2. The Kier molecular flexibility index (Phi) is 4.79. The molecule has 0 unspecified atom stereocenters. The lowest BCUT2D eigenvalue weighted by Gasteiger charge is -2.08. The van der Waals surface area contributed by atoms with Gasteiger partial charge < -0.3 is 4.74 Å². The second kappa shape index (κ2) is 6.33. The SMILES string of the molecule is CC(C)C(=O)NNC(=O)OC(=O)c1ccccn1. The monoisotopic (exact) mass is 251 g/mol. The number of rotatable bonds is 2. The fraction of sp³-hybridized carbons (Fsp3) is 0.273. The zero-order chi connectivity index (χ0) is 13.5. The Morgan fingerprint density at radius 2 is 1.94 bits per heavy atom. The number of aromatic nitrogens is 1. The second-order valence-electron chi connectivity index (χ2n) is 3.66. The molecule has 2 amide bonds. The number of esters is 1. The first-order valence-electron chi connectivity index (χ1n) is 5.23. The lowest BCUT2D eigenvalue weighted by molar-refractivity contribution is -0.124. The van der Waals surface area contributed by atoms with E-state index in [-0.39, 0.29) is 11.6 Å². The van der Waals surface area contributed by atoms with Gasteiger partial charge in [-0.25, -0.2) is 20.0 Å². The summed E-state index contributed by atoms with van der Waals surface area (Å²) in [6.07, 6.45) is 0.328. The summed E-state index contributed by atoms with van der Waals surface area (Å²) in [4.78, 5) is 37.4. The van der Waals surface area contributed by atoms with Crippen LogP contribution < -0.4 is 10.9 Å². The van der Waals surface area contributed by atoms with Gasteiger partial charge in [-0.15, -0.1) is 0 Å². The van der Waals surface area contributed by atoms with Crippen molar-refractivity contribution in [2.75, 3.05) is 0 Å². The third-order valence-electron chi connectivity index (χ3n) is 1.87. The predicted octanol–water partition coefficient (Wildman–Crippen LogP) is 0.635. The lowest BCUT2D eigenvalue weighted by Crippen LogP contribution is -2.44. The van der Waals surface area contributed by atoms with Crippen LogP contribution in [0.4, 0.5) is 4.79 Å². The van der Waals surface area contributed by atoms with Gasteiger partial charge in [-0.2, -0.15) is 0 Å². The van der Waals surface area contributed by atoms with E-state index in [1.165, 1.54) is 12.3 Å². The van der Waals surface area contributed by atoms with Gasteiger partial charge in [0, 0.05) is 12.1 Å². The molecule has 0 aliphatic heterocycles. The maximum atomic E-state index is 11.4. The van der Waals surface area contributed by atoms with Crippen LogP contribution in [0.5, 0.6) is 0 Å². The molecule has 7 nitrogen and oxygen atoms in total. The Bertz CT molecular complexity index is 445. The largest absolute Gasteiger partial charge is 0.434 e. The van der Waals surface area contributed by atoms with Crippen molar-refractivity contribution >= 4 is 18.0 Å². The van der Waals surface area contributed by atoms with Crippen molar-refractivity contribution < 1.29 is 19.1 Å². The Morgan fingerprint density at radius 1 is 1.22 bits per heavy atom. The molecule has 0 saturated heterocycles. The van der Waals surface area contributed by atoms with Crippen molar-refractivity contribution in [3.05, 3.63) is 30.1 Å². The summed E-state index contributed by atoms with van der Waals surface area (Å²) in [5.41, 5.74) is 4.06. The van der Waals surface area contributed by atoms with Crippen LogP contribution in [0.25, 0.3) is 0 Å². The first-order valence-corrected chi connectivity index (χ1v) is 5.23. The Hall–Kier alpha value is -2.44. The van der Waals surface area contributed by atoms with Crippen molar-refractivity contribution in [1.29, 1.82) is 0 Å². The van der Waals surface area contributed by atoms with Crippen molar-refractivity contribution in [3.8, 4) is 0 Å². The molecule has 0 fully saturated rings. The maximum absolute atomic E-state index is 11.4. The fourth-order valence-corrected chi connectivity index (χ4v) is 0.902. The highest BCUT2D eigenvalue weighted by atomic mass is 16.6. The van der Waals surface area contributed by atoms with Crippen LogP contribution in [0.1, 0.15) is 24.3 Å². The number of ether oxygens (including phenoxy) is 1. The van der Waals surface area contributed by atoms with Gasteiger partial charge in [-0.05, 0) is 12.1 Å². The molecule has 0 aromatic carbocycles. The van der Waals surface area contributed by atoms with E-state index in [1.807, 2.05) is 5.43 Å². The summed E-state index contributed by atoms with van der Waals surface area (Å²) < 4.78 is 4.40. The first-order chi connectivity index (χ1) is 8.50. The minimum absolute atomic E-state index is 0.00263. The van der Waals surface area contributed by atoms with E-state index in [0.29, 0.717) is 0 Å². The van der Waals surface area contributed by atoms with Crippen molar-refractivity contribution in [1.82, 2.24) is 15.8 Å².